The van der Waals surface area contributed by atoms with Crippen LogP contribution in [0, 0.1) is 17.8 Å². The molecule has 116 valence electrons. The minimum atomic E-state index is 0. The van der Waals surface area contributed by atoms with Crippen molar-refractivity contribution < 1.29 is 0 Å². The number of likely N-dealkylation sites (tertiary alicyclic amines) is 1. The molecule has 0 radical (unpaired) electrons. The molecule has 1 N–H and O–H groups in total. The average molecular weight is 300 g/mol. The topological polar surface area (TPSA) is 18.5 Å². The van der Waals surface area contributed by atoms with Crippen molar-refractivity contribution in [1.82, 2.24) is 15.1 Å². The Hall–Kier alpha value is 0.170. The molecule has 0 spiro atoms. The van der Waals surface area contributed by atoms with E-state index < -0.39 is 0 Å². The second-order valence-corrected chi connectivity index (χ2v) is 7.42. The van der Waals surface area contributed by atoms with Crippen LogP contribution in [-0.4, -0.2) is 61.7 Å². The first kappa shape index (κ1) is 15.1. The number of hydrogen-bond acceptors (Lipinski definition) is 3. The molecule has 0 aromatic rings. The molecule has 4 atom stereocenters. The molecule has 2 saturated heterocycles. The van der Waals surface area contributed by atoms with Crippen molar-refractivity contribution in [3.05, 3.63) is 0 Å². The van der Waals surface area contributed by atoms with Gasteiger partial charge >= 0.3 is 0 Å². The van der Waals surface area contributed by atoms with E-state index in [1.807, 2.05) is 0 Å². The zero-order chi connectivity index (χ0) is 12.7. The van der Waals surface area contributed by atoms with Gasteiger partial charge in [-0.15, -0.1) is 12.4 Å². The standard InChI is InChI=1S/C16H29N3.ClH/c1-2-14-9-13(1)10-15(14)11-18-6-3-16(12-18)19-7-4-17-5-8-19;/h13-17H,1-12H2;1H. The Labute approximate surface area is 129 Å². The molecule has 4 aliphatic rings. The molecule has 2 aliphatic heterocycles. The van der Waals surface area contributed by atoms with Crippen LogP contribution >= 0.6 is 12.4 Å². The average Bonchev–Trinajstić information content (AvgIpc) is 3.16. The summed E-state index contributed by atoms with van der Waals surface area (Å²) in [4.78, 5) is 5.52. The van der Waals surface area contributed by atoms with Crippen molar-refractivity contribution in [3.63, 3.8) is 0 Å². The van der Waals surface area contributed by atoms with E-state index in [1.54, 1.807) is 25.7 Å². The first-order valence-electron chi connectivity index (χ1n) is 8.55. The fourth-order valence-corrected chi connectivity index (χ4v) is 5.26. The van der Waals surface area contributed by atoms with Crippen LogP contribution in [0.4, 0.5) is 0 Å². The molecule has 2 bridgehead atoms. The Morgan fingerprint density at radius 3 is 2.50 bits per heavy atom. The third-order valence-corrected chi connectivity index (χ3v) is 6.29. The van der Waals surface area contributed by atoms with Crippen LogP contribution in [-0.2, 0) is 0 Å². The quantitative estimate of drug-likeness (QED) is 0.858. The monoisotopic (exact) mass is 299 g/mol. The molecule has 0 aromatic carbocycles. The first-order valence-corrected chi connectivity index (χ1v) is 8.55. The number of nitrogens with zero attached hydrogens (tertiary/aromatic N) is 2. The number of piperazine rings is 1. The largest absolute Gasteiger partial charge is 0.314 e. The van der Waals surface area contributed by atoms with E-state index in [9.17, 15) is 0 Å². The first-order chi connectivity index (χ1) is 9.38. The lowest BCUT2D eigenvalue weighted by atomic mass is 9.88. The maximum atomic E-state index is 3.47. The van der Waals surface area contributed by atoms with Gasteiger partial charge in [0.2, 0.25) is 0 Å². The van der Waals surface area contributed by atoms with Gasteiger partial charge in [-0.3, -0.25) is 4.90 Å². The van der Waals surface area contributed by atoms with Gasteiger partial charge in [-0.1, -0.05) is 6.42 Å². The number of nitrogens with one attached hydrogen (secondary N) is 1. The molecule has 3 nitrogen and oxygen atoms in total. The normalized spacial score (nSPS) is 42.0. The van der Waals surface area contributed by atoms with E-state index in [4.69, 9.17) is 0 Å². The molecule has 4 unspecified atom stereocenters. The van der Waals surface area contributed by atoms with Gasteiger partial charge in [0.1, 0.15) is 0 Å². The van der Waals surface area contributed by atoms with Gasteiger partial charge < -0.3 is 10.2 Å². The van der Waals surface area contributed by atoms with Crippen molar-refractivity contribution in [3.8, 4) is 0 Å². The van der Waals surface area contributed by atoms with Crippen molar-refractivity contribution >= 4 is 12.4 Å². The van der Waals surface area contributed by atoms with Crippen LogP contribution in [0.1, 0.15) is 32.1 Å². The van der Waals surface area contributed by atoms with E-state index in [2.05, 4.69) is 15.1 Å². The summed E-state index contributed by atoms with van der Waals surface area (Å²) in [5.74, 6) is 3.27. The van der Waals surface area contributed by atoms with E-state index in [0.717, 1.165) is 23.8 Å². The molecule has 2 saturated carbocycles. The molecule has 4 fully saturated rings. The molecular formula is C16H30ClN3. The Balaban J connectivity index is 0.00000121. The highest BCUT2D eigenvalue weighted by molar-refractivity contribution is 5.85. The van der Waals surface area contributed by atoms with Crippen molar-refractivity contribution in [2.24, 2.45) is 17.8 Å². The summed E-state index contributed by atoms with van der Waals surface area (Å²) in [6.45, 7) is 9.07. The lowest BCUT2D eigenvalue weighted by Gasteiger charge is -2.33. The lowest BCUT2D eigenvalue weighted by Crippen LogP contribution is -2.49. The van der Waals surface area contributed by atoms with Crippen molar-refractivity contribution in [2.75, 3.05) is 45.8 Å². The fraction of sp³-hybridized carbons (Fsp3) is 1.00. The zero-order valence-corrected chi connectivity index (χ0v) is 13.4. The van der Waals surface area contributed by atoms with Gasteiger partial charge in [-0.2, -0.15) is 0 Å². The fourth-order valence-electron chi connectivity index (χ4n) is 5.26. The summed E-state index contributed by atoms with van der Waals surface area (Å²) in [5.41, 5.74) is 0. The minimum absolute atomic E-state index is 0. The van der Waals surface area contributed by atoms with Crippen LogP contribution in [0.3, 0.4) is 0 Å². The number of halogens is 1. The summed E-state index contributed by atoms with van der Waals surface area (Å²) in [6, 6.07) is 0.862. The van der Waals surface area contributed by atoms with E-state index >= 15 is 0 Å². The summed E-state index contributed by atoms with van der Waals surface area (Å²) in [5, 5.41) is 3.47. The maximum Gasteiger partial charge on any atom is 0.0236 e. The molecule has 20 heavy (non-hydrogen) atoms. The van der Waals surface area contributed by atoms with E-state index in [-0.39, 0.29) is 12.4 Å². The van der Waals surface area contributed by atoms with E-state index in [1.165, 1.54) is 52.2 Å². The number of hydrogen-bond donors (Lipinski definition) is 1. The molecular weight excluding hydrogens is 270 g/mol. The number of rotatable bonds is 3. The number of fused-ring (bicyclic) bond motifs is 2. The van der Waals surface area contributed by atoms with Crippen molar-refractivity contribution in [2.45, 2.75) is 38.1 Å². The van der Waals surface area contributed by atoms with Gasteiger partial charge in [0.15, 0.2) is 0 Å². The smallest absolute Gasteiger partial charge is 0.0236 e. The van der Waals surface area contributed by atoms with E-state index in [0.29, 0.717) is 0 Å². The van der Waals surface area contributed by atoms with Gasteiger partial charge in [0.05, 0.1) is 0 Å². The van der Waals surface area contributed by atoms with Crippen LogP contribution in [0.15, 0.2) is 0 Å². The molecule has 0 aromatic heterocycles. The zero-order valence-electron chi connectivity index (χ0n) is 12.6. The van der Waals surface area contributed by atoms with Crippen LogP contribution in [0.5, 0.6) is 0 Å². The molecule has 2 aliphatic carbocycles. The SMILES string of the molecule is C1CN(C2CCN(CC3CC4CCC3C4)C2)CCN1.Cl. The van der Waals surface area contributed by atoms with Gasteiger partial charge in [-0.05, 0) is 50.0 Å². The van der Waals surface area contributed by atoms with Gasteiger partial charge in [0.25, 0.3) is 0 Å². The molecule has 0 amide bonds. The summed E-state index contributed by atoms with van der Waals surface area (Å²) < 4.78 is 0. The Bertz CT molecular complexity index is 319. The highest BCUT2D eigenvalue weighted by Gasteiger charge is 2.41. The molecule has 2 heterocycles. The lowest BCUT2D eigenvalue weighted by molar-refractivity contribution is 0.160. The second-order valence-electron chi connectivity index (χ2n) is 7.42. The predicted octanol–water partition coefficient (Wildman–Crippen LogP) is 1.82. The van der Waals surface area contributed by atoms with Crippen molar-refractivity contribution in [1.29, 1.82) is 0 Å². The minimum Gasteiger partial charge on any atom is -0.314 e. The summed E-state index contributed by atoms with van der Waals surface area (Å²) in [6.07, 6.45) is 7.63. The maximum absolute atomic E-state index is 3.47. The third-order valence-electron chi connectivity index (χ3n) is 6.29. The predicted molar refractivity (Wildman–Crippen MR) is 85.5 cm³/mol. The molecule has 4 heteroatoms. The third kappa shape index (κ3) is 3.01. The molecule has 4 rings (SSSR count). The highest BCUT2D eigenvalue weighted by atomic mass is 35.5. The Morgan fingerprint density at radius 1 is 0.950 bits per heavy atom. The van der Waals surface area contributed by atoms with Crippen LogP contribution in [0.2, 0.25) is 0 Å². The Morgan fingerprint density at radius 2 is 1.80 bits per heavy atom. The summed E-state index contributed by atoms with van der Waals surface area (Å²) in [7, 11) is 0. The van der Waals surface area contributed by atoms with Gasteiger partial charge in [0, 0.05) is 45.3 Å². The van der Waals surface area contributed by atoms with Gasteiger partial charge in [-0.25, -0.2) is 0 Å². The van der Waals surface area contributed by atoms with Crippen LogP contribution < -0.4 is 5.32 Å². The Kier molecular flexibility index (Phi) is 4.91. The summed E-state index contributed by atoms with van der Waals surface area (Å²) >= 11 is 0. The highest BCUT2D eigenvalue weighted by Crippen LogP contribution is 2.48. The van der Waals surface area contributed by atoms with Crippen LogP contribution in [0.25, 0.3) is 0 Å². The second kappa shape index (κ2) is 6.51.